The number of nitrogens with one attached hydrogen (secondary N) is 1. The first-order valence-corrected chi connectivity index (χ1v) is 14.1. The van der Waals surface area contributed by atoms with Crippen molar-refractivity contribution in [3.8, 4) is 5.75 Å². The van der Waals surface area contributed by atoms with Gasteiger partial charge in [0.25, 0.3) is 21.8 Å². The van der Waals surface area contributed by atoms with Crippen LogP contribution in [-0.2, 0) is 16.2 Å². The van der Waals surface area contributed by atoms with Crippen LogP contribution >= 0.6 is 0 Å². The van der Waals surface area contributed by atoms with Crippen LogP contribution in [0.15, 0.2) is 78.1 Å². The van der Waals surface area contributed by atoms with Gasteiger partial charge in [-0.25, -0.2) is 8.42 Å². The Morgan fingerprint density at radius 1 is 0.905 bits per heavy atom. The Bertz CT molecular complexity index is 1770. The van der Waals surface area contributed by atoms with Crippen LogP contribution in [-0.4, -0.2) is 73.3 Å². The number of hydrogen-bond acceptors (Lipinski definition) is 7. The minimum atomic E-state index is -4.71. The third-order valence-corrected chi connectivity index (χ3v) is 8.19. The van der Waals surface area contributed by atoms with E-state index in [1.165, 1.54) is 47.4 Å². The standard InChI is InChI=1S/C28H24F3N5O5S/c1-41-23-16-19(34-42(39,40)24-6-2-4-18-5-3-10-33-25(18)24)7-8-20(23)26(37)35-12-14-36(15-13-35)27(38)21-17-32-11-9-22(21)28(29,30)31/h2-11,16-17,34H,12-15H2,1H3. The summed E-state index contributed by atoms with van der Waals surface area (Å²) < 4.78 is 74.3. The summed E-state index contributed by atoms with van der Waals surface area (Å²) in [5.74, 6) is -1.15. The van der Waals surface area contributed by atoms with Gasteiger partial charge in [0.15, 0.2) is 0 Å². The maximum absolute atomic E-state index is 13.4. The average molecular weight is 600 g/mol. The van der Waals surface area contributed by atoms with E-state index < -0.39 is 39.1 Å². The number of alkyl halides is 3. The van der Waals surface area contributed by atoms with E-state index in [0.717, 1.165) is 18.5 Å². The summed E-state index contributed by atoms with van der Waals surface area (Å²) in [5.41, 5.74) is -1.01. The highest BCUT2D eigenvalue weighted by atomic mass is 32.2. The molecule has 42 heavy (non-hydrogen) atoms. The lowest BCUT2D eigenvalue weighted by atomic mass is 10.1. The number of hydrogen-bond donors (Lipinski definition) is 1. The van der Waals surface area contributed by atoms with Crippen LogP contribution < -0.4 is 9.46 Å². The summed E-state index contributed by atoms with van der Waals surface area (Å²) in [5, 5.41) is 0.655. The Kier molecular flexibility index (Phi) is 7.73. The number of methoxy groups -OCH3 is 1. The number of sulfonamides is 1. The van der Waals surface area contributed by atoms with Crippen molar-refractivity contribution in [2.24, 2.45) is 0 Å². The number of ether oxygens (including phenoxy) is 1. The molecular weight excluding hydrogens is 575 g/mol. The number of carbonyl (C=O) groups is 2. The van der Waals surface area contributed by atoms with Gasteiger partial charge in [0, 0.05) is 56.2 Å². The molecule has 14 heteroatoms. The molecule has 0 atom stereocenters. The van der Waals surface area contributed by atoms with E-state index in [2.05, 4.69) is 14.7 Å². The Labute approximate surface area is 238 Å². The number of carbonyl (C=O) groups excluding carboxylic acids is 2. The maximum atomic E-state index is 13.4. The first-order chi connectivity index (χ1) is 20.0. The summed E-state index contributed by atoms with van der Waals surface area (Å²) in [6.07, 6.45) is -1.35. The smallest absolute Gasteiger partial charge is 0.417 e. The molecule has 5 rings (SSSR count). The molecule has 218 valence electrons. The van der Waals surface area contributed by atoms with Gasteiger partial charge in [0.05, 0.1) is 35.0 Å². The van der Waals surface area contributed by atoms with Crippen LogP contribution in [0.25, 0.3) is 10.9 Å². The highest BCUT2D eigenvalue weighted by Crippen LogP contribution is 2.32. The molecule has 10 nitrogen and oxygen atoms in total. The molecule has 0 saturated carbocycles. The summed E-state index contributed by atoms with van der Waals surface area (Å²) in [6, 6.07) is 13.2. The van der Waals surface area contributed by atoms with Gasteiger partial charge >= 0.3 is 6.18 Å². The van der Waals surface area contributed by atoms with Crippen LogP contribution in [0.3, 0.4) is 0 Å². The number of piperazine rings is 1. The van der Waals surface area contributed by atoms with Gasteiger partial charge in [0.1, 0.15) is 10.6 Å². The van der Waals surface area contributed by atoms with Crippen LogP contribution in [0.2, 0.25) is 0 Å². The molecule has 1 N–H and O–H groups in total. The predicted octanol–water partition coefficient (Wildman–Crippen LogP) is 4.06. The number of anilines is 1. The second-order valence-corrected chi connectivity index (χ2v) is 11.0. The minimum Gasteiger partial charge on any atom is -0.496 e. The van der Waals surface area contributed by atoms with E-state index in [1.54, 1.807) is 24.3 Å². The fourth-order valence-electron chi connectivity index (χ4n) is 4.70. The summed E-state index contributed by atoms with van der Waals surface area (Å²) in [7, 11) is -2.71. The molecule has 2 amide bonds. The van der Waals surface area contributed by atoms with Crippen molar-refractivity contribution < 1.29 is 35.9 Å². The van der Waals surface area contributed by atoms with Gasteiger partial charge in [-0.05, 0) is 30.3 Å². The first-order valence-electron chi connectivity index (χ1n) is 12.6. The lowest BCUT2D eigenvalue weighted by Gasteiger charge is -2.35. The number of nitrogens with zero attached hydrogens (tertiary/aromatic N) is 4. The van der Waals surface area contributed by atoms with Crippen molar-refractivity contribution in [1.29, 1.82) is 0 Å². The van der Waals surface area contributed by atoms with Crippen LogP contribution in [0.4, 0.5) is 18.9 Å². The topological polar surface area (TPSA) is 122 Å². The van der Waals surface area contributed by atoms with Crippen molar-refractivity contribution in [2.45, 2.75) is 11.1 Å². The highest BCUT2D eigenvalue weighted by Gasteiger charge is 2.37. The van der Waals surface area contributed by atoms with E-state index in [1.807, 2.05) is 0 Å². The Morgan fingerprint density at radius 2 is 1.57 bits per heavy atom. The van der Waals surface area contributed by atoms with Crippen LogP contribution in [0, 0.1) is 0 Å². The molecule has 0 bridgehead atoms. The van der Waals surface area contributed by atoms with Gasteiger partial charge in [-0.1, -0.05) is 18.2 Å². The zero-order valence-electron chi connectivity index (χ0n) is 22.1. The lowest BCUT2D eigenvalue weighted by molar-refractivity contribution is -0.138. The Morgan fingerprint density at radius 3 is 2.24 bits per heavy atom. The number of rotatable bonds is 6. The van der Waals surface area contributed by atoms with Gasteiger partial charge < -0.3 is 14.5 Å². The van der Waals surface area contributed by atoms with Crippen LogP contribution in [0.1, 0.15) is 26.3 Å². The Balaban J connectivity index is 1.29. The SMILES string of the molecule is COc1cc(NS(=O)(=O)c2cccc3cccnc23)ccc1C(=O)N1CCN(C(=O)c2cnccc2C(F)(F)F)CC1. The van der Waals surface area contributed by atoms with Gasteiger partial charge in [-0.2, -0.15) is 13.2 Å². The van der Waals surface area contributed by atoms with E-state index in [9.17, 15) is 31.2 Å². The molecule has 0 unspecified atom stereocenters. The lowest BCUT2D eigenvalue weighted by Crippen LogP contribution is -2.50. The van der Waals surface area contributed by atoms with Crippen molar-refractivity contribution in [3.63, 3.8) is 0 Å². The molecule has 2 aromatic carbocycles. The number of fused-ring (bicyclic) bond motifs is 1. The second-order valence-electron chi connectivity index (χ2n) is 9.36. The number of aromatic nitrogens is 2. The molecule has 2 aromatic heterocycles. The molecule has 4 aromatic rings. The molecule has 1 aliphatic rings. The van der Waals surface area contributed by atoms with E-state index in [0.29, 0.717) is 10.9 Å². The second kappa shape index (κ2) is 11.3. The van der Waals surface area contributed by atoms with E-state index >= 15 is 0 Å². The third kappa shape index (κ3) is 5.70. The number of amides is 2. The predicted molar refractivity (Wildman–Crippen MR) is 147 cm³/mol. The van der Waals surface area contributed by atoms with Gasteiger partial charge in [-0.3, -0.25) is 24.3 Å². The van der Waals surface area contributed by atoms with Crippen LogP contribution in [0.5, 0.6) is 5.75 Å². The van der Waals surface area contributed by atoms with Crippen molar-refractivity contribution in [3.05, 3.63) is 89.9 Å². The number of pyridine rings is 2. The molecule has 0 spiro atoms. The third-order valence-electron chi connectivity index (χ3n) is 6.78. The summed E-state index contributed by atoms with van der Waals surface area (Å²) in [4.78, 5) is 36.7. The summed E-state index contributed by atoms with van der Waals surface area (Å²) >= 11 is 0. The maximum Gasteiger partial charge on any atom is 0.417 e. The quantitative estimate of drug-likeness (QED) is 0.355. The molecule has 3 heterocycles. The largest absolute Gasteiger partial charge is 0.496 e. The number of halogens is 3. The first kappa shape index (κ1) is 28.8. The normalized spacial score (nSPS) is 14.1. The summed E-state index contributed by atoms with van der Waals surface area (Å²) in [6.45, 7) is 0.154. The molecule has 0 radical (unpaired) electrons. The van der Waals surface area contributed by atoms with Crippen molar-refractivity contribution in [2.75, 3.05) is 38.0 Å². The monoisotopic (exact) mass is 599 g/mol. The fourth-order valence-corrected chi connectivity index (χ4v) is 5.93. The zero-order chi connectivity index (χ0) is 30.1. The molecule has 1 fully saturated rings. The van der Waals surface area contributed by atoms with Gasteiger partial charge in [0.2, 0.25) is 0 Å². The minimum absolute atomic E-state index is 0.00995. The average Bonchev–Trinajstić information content (AvgIpc) is 2.99. The Hall–Kier alpha value is -4.72. The molecule has 0 aliphatic carbocycles. The van der Waals surface area contributed by atoms with Gasteiger partial charge in [-0.15, -0.1) is 0 Å². The van der Waals surface area contributed by atoms with Crippen molar-refractivity contribution >= 4 is 38.4 Å². The molecule has 1 aliphatic heterocycles. The van der Waals surface area contributed by atoms with Crippen molar-refractivity contribution in [1.82, 2.24) is 19.8 Å². The van der Waals surface area contributed by atoms with E-state index in [4.69, 9.17) is 4.74 Å². The zero-order valence-corrected chi connectivity index (χ0v) is 22.9. The number of benzene rings is 2. The fraction of sp³-hybridized carbons (Fsp3) is 0.214. The molecule has 1 saturated heterocycles. The molecular formula is C28H24F3N5O5S. The number of para-hydroxylation sites is 1. The van der Waals surface area contributed by atoms with E-state index in [-0.39, 0.29) is 48.1 Å². The highest BCUT2D eigenvalue weighted by molar-refractivity contribution is 7.93.